The van der Waals surface area contributed by atoms with Crippen LogP contribution in [0.25, 0.3) is 0 Å². The van der Waals surface area contributed by atoms with Crippen molar-refractivity contribution in [3.63, 3.8) is 0 Å². The molecule has 2 bridgehead atoms. The van der Waals surface area contributed by atoms with Crippen molar-refractivity contribution in [1.82, 2.24) is 0 Å². The van der Waals surface area contributed by atoms with E-state index in [0.29, 0.717) is 12.8 Å². The van der Waals surface area contributed by atoms with Crippen LogP contribution in [0.3, 0.4) is 0 Å². The normalized spacial score (nSPS) is 32.3. The van der Waals surface area contributed by atoms with Gasteiger partial charge in [-0.3, -0.25) is 4.79 Å². The second-order valence-corrected chi connectivity index (χ2v) is 5.62. The summed E-state index contributed by atoms with van der Waals surface area (Å²) in [6, 6.07) is 5.90. The lowest BCUT2D eigenvalue weighted by atomic mass is 9.53. The first-order valence-electron chi connectivity index (χ1n) is 7.23. The van der Waals surface area contributed by atoms with E-state index in [0.717, 1.165) is 18.4 Å². The van der Waals surface area contributed by atoms with E-state index >= 15 is 0 Å². The molecular weight excluding hydrogens is 266 g/mol. The quantitative estimate of drug-likeness (QED) is 0.583. The van der Waals surface area contributed by atoms with Gasteiger partial charge in [0, 0.05) is 5.92 Å². The lowest BCUT2D eigenvalue weighted by Gasteiger charge is -2.38. The average Bonchev–Trinajstić information content (AvgIpc) is 2.68. The predicted molar refractivity (Wildman–Crippen MR) is 73.0 cm³/mol. The van der Waals surface area contributed by atoms with E-state index in [1.165, 1.54) is 0 Å². The minimum atomic E-state index is -1.74. The van der Waals surface area contributed by atoms with Crippen LogP contribution in [0, 0.1) is 50.7 Å². The first-order chi connectivity index (χ1) is 10.1. The summed E-state index contributed by atoms with van der Waals surface area (Å²) in [7, 11) is 0. The number of carbonyl (C=O) groups is 1. The van der Waals surface area contributed by atoms with Crippen LogP contribution >= 0.6 is 0 Å². The number of carbonyl (C=O) groups excluding carboxylic acids is 1. The summed E-state index contributed by atoms with van der Waals surface area (Å²) >= 11 is 0. The highest BCUT2D eigenvalue weighted by Gasteiger charge is 2.75. The Labute approximate surface area is 124 Å². The van der Waals surface area contributed by atoms with Crippen LogP contribution in [0.5, 0.6) is 0 Å². The first kappa shape index (κ1) is 15.1. The largest absolute Gasteiger partial charge is 0.454 e. The van der Waals surface area contributed by atoms with Crippen molar-refractivity contribution in [3.05, 3.63) is 11.6 Å². The van der Waals surface area contributed by atoms with Crippen molar-refractivity contribution in [2.45, 2.75) is 45.6 Å². The molecule has 2 rings (SSSR count). The van der Waals surface area contributed by atoms with Gasteiger partial charge in [-0.15, -0.1) is 0 Å². The molecule has 1 heterocycles. The van der Waals surface area contributed by atoms with E-state index in [-0.39, 0.29) is 0 Å². The summed E-state index contributed by atoms with van der Waals surface area (Å²) < 4.78 is 5.34. The van der Waals surface area contributed by atoms with Crippen LogP contribution in [0.2, 0.25) is 0 Å². The Morgan fingerprint density at radius 3 is 2.33 bits per heavy atom. The van der Waals surface area contributed by atoms with Gasteiger partial charge in [0.1, 0.15) is 0 Å². The minimum Gasteiger partial charge on any atom is -0.454 e. The van der Waals surface area contributed by atoms with Gasteiger partial charge in [0.15, 0.2) is 11.5 Å². The van der Waals surface area contributed by atoms with Crippen molar-refractivity contribution in [3.8, 4) is 18.2 Å². The minimum absolute atomic E-state index is 0.445. The third-order valence-electron chi connectivity index (χ3n) is 4.54. The van der Waals surface area contributed by atoms with E-state index in [1.54, 1.807) is 0 Å². The van der Waals surface area contributed by atoms with Crippen LogP contribution in [0.15, 0.2) is 11.6 Å². The number of ether oxygens (including phenoxy) is 1. The first-order valence-corrected chi connectivity index (χ1v) is 7.23. The summed E-state index contributed by atoms with van der Waals surface area (Å²) in [4.78, 5) is 12.4. The van der Waals surface area contributed by atoms with Gasteiger partial charge in [-0.1, -0.05) is 32.8 Å². The fraction of sp³-hybridized carbons (Fsp3) is 0.625. The van der Waals surface area contributed by atoms with Crippen molar-refractivity contribution < 1.29 is 9.53 Å². The molecule has 1 aliphatic heterocycles. The molecule has 1 saturated heterocycles. The number of nitriles is 3. The van der Waals surface area contributed by atoms with Gasteiger partial charge in [-0.2, -0.15) is 15.8 Å². The molecule has 0 saturated carbocycles. The standard InChI is InChI=1S/C16H17N3O2/c1-3-5-11-7-12(6-4-2)16(10-19)14(20)21-13(11)15(16,8-17)9-18/h7,12-13H,3-6H2,1-2H3/t12-,13+,16+/m1/s1. The van der Waals surface area contributed by atoms with Crippen molar-refractivity contribution in [2.24, 2.45) is 16.7 Å². The van der Waals surface area contributed by atoms with Crippen molar-refractivity contribution in [1.29, 1.82) is 15.8 Å². The number of rotatable bonds is 4. The van der Waals surface area contributed by atoms with Crippen molar-refractivity contribution in [2.75, 3.05) is 0 Å². The second-order valence-electron chi connectivity index (χ2n) is 5.62. The second kappa shape index (κ2) is 5.23. The SMILES string of the molecule is CCCC1=C[C@@H](CCC)[C@@]2(C#N)C(=O)O[C@@H]1C2(C#N)C#N. The molecule has 2 aliphatic rings. The lowest BCUT2D eigenvalue weighted by Crippen LogP contribution is -2.51. The molecule has 0 unspecified atom stereocenters. The summed E-state index contributed by atoms with van der Waals surface area (Å²) in [5, 5.41) is 28.9. The summed E-state index contributed by atoms with van der Waals surface area (Å²) in [6.07, 6.45) is 3.81. The fourth-order valence-electron chi connectivity index (χ4n) is 3.57. The Morgan fingerprint density at radius 2 is 1.86 bits per heavy atom. The molecule has 0 N–H and O–H groups in total. The van der Waals surface area contributed by atoms with Gasteiger partial charge < -0.3 is 4.74 Å². The lowest BCUT2D eigenvalue weighted by molar-refractivity contribution is -0.146. The van der Waals surface area contributed by atoms with E-state index in [4.69, 9.17) is 4.74 Å². The Balaban J connectivity index is 2.73. The molecule has 1 aliphatic carbocycles. The van der Waals surface area contributed by atoms with E-state index in [9.17, 15) is 20.6 Å². The number of allylic oxidation sites excluding steroid dienone is 1. The number of hydrogen-bond acceptors (Lipinski definition) is 5. The molecule has 108 valence electrons. The van der Waals surface area contributed by atoms with Gasteiger partial charge in [-0.25, -0.2) is 0 Å². The van der Waals surface area contributed by atoms with Gasteiger partial charge in [0.2, 0.25) is 5.41 Å². The maximum absolute atomic E-state index is 12.4. The molecule has 0 aromatic heterocycles. The van der Waals surface area contributed by atoms with E-state index in [1.807, 2.05) is 38.1 Å². The van der Waals surface area contributed by atoms with E-state index < -0.39 is 28.8 Å². The average molecular weight is 283 g/mol. The summed E-state index contributed by atoms with van der Waals surface area (Å²) in [5.74, 6) is -1.17. The zero-order chi connectivity index (χ0) is 15.7. The van der Waals surface area contributed by atoms with Crippen LogP contribution in [0.1, 0.15) is 39.5 Å². The third-order valence-corrected chi connectivity index (χ3v) is 4.54. The molecule has 3 atom stereocenters. The molecular formula is C16H17N3O2. The highest BCUT2D eigenvalue weighted by Crippen LogP contribution is 2.60. The number of esters is 1. The smallest absolute Gasteiger partial charge is 0.330 e. The van der Waals surface area contributed by atoms with Crippen LogP contribution in [0.4, 0.5) is 0 Å². The number of hydrogen-bond donors (Lipinski definition) is 0. The maximum Gasteiger partial charge on any atom is 0.330 e. The molecule has 0 aromatic rings. The van der Waals surface area contributed by atoms with Crippen molar-refractivity contribution >= 4 is 5.97 Å². The molecule has 21 heavy (non-hydrogen) atoms. The molecule has 0 spiro atoms. The van der Waals surface area contributed by atoms with Gasteiger partial charge in [0.25, 0.3) is 0 Å². The molecule has 0 aromatic carbocycles. The maximum atomic E-state index is 12.4. The Kier molecular flexibility index (Phi) is 3.75. The van der Waals surface area contributed by atoms with Gasteiger partial charge >= 0.3 is 5.97 Å². The summed E-state index contributed by atoms with van der Waals surface area (Å²) in [6.45, 7) is 3.93. The highest BCUT2D eigenvalue weighted by atomic mass is 16.6. The predicted octanol–water partition coefficient (Wildman–Crippen LogP) is 2.61. The molecule has 1 fully saturated rings. The van der Waals surface area contributed by atoms with Crippen LogP contribution in [-0.4, -0.2) is 12.1 Å². The highest BCUT2D eigenvalue weighted by molar-refractivity contribution is 5.88. The Hall–Kier alpha value is -2.32. The third kappa shape index (κ3) is 1.63. The Bertz CT molecular complexity index is 603. The van der Waals surface area contributed by atoms with Crippen LogP contribution < -0.4 is 0 Å². The van der Waals surface area contributed by atoms with Gasteiger partial charge in [-0.05, 0) is 18.4 Å². The fourth-order valence-corrected chi connectivity index (χ4v) is 3.57. The summed E-state index contributed by atoms with van der Waals surface area (Å²) in [5.41, 5.74) is -2.64. The van der Waals surface area contributed by atoms with E-state index in [2.05, 4.69) is 0 Å². The Morgan fingerprint density at radius 1 is 1.19 bits per heavy atom. The van der Waals surface area contributed by atoms with Crippen LogP contribution in [-0.2, 0) is 9.53 Å². The topological polar surface area (TPSA) is 97.7 Å². The molecule has 0 radical (unpaired) electrons. The molecule has 5 heteroatoms. The number of nitrogens with zero attached hydrogens (tertiary/aromatic N) is 3. The number of fused-ring (bicyclic) bond motifs is 2. The monoisotopic (exact) mass is 283 g/mol. The van der Waals surface area contributed by atoms with Gasteiger partial charge in [0.05, 0.1) is 18.2 Å². The zero-order valence-electron chi connectivity index (χ0n) is 12.2. The zero-order valence-corrected chi connectivity index (χ0v) is 12.2. The molecule has 0 amide bonds. The molecule has 5 nitrogen and oxygen atoms in total.